The maximum Gasteiger partial charge on any atom is 0.166 e. The minimum Gasteiger partial charge on any atom is -0.482 e. The highest BCUT2D eigenvalue weighted by molar-refractivity contribution is 6.36. The molecule has 1 unspecified atom stereocenters. The number of benzene rings is 1. The fourth-order valence-corrected chi connectivity index (χ4v) is 4.67. The average molecular weight is 478 g/mol. The van der Waals surface area contributed by atoms with E-state index < -0.39 is 11.9 Å². The topological polar surface area (TPSA) is 69.2 Å². The second kappa shape index (κ2) is 9.65. The molecule has 170 valence electrons. The van der Waals surface area contributed by atoms with Crippen LogP contribution in [0.25, 0.3) is 11.1 Å². The number of nitrogens with zero attached hydrogens (tertiary/aromatic N) is 4. The molecule has 1 fully saturated rings. The van der Waals surface area contributed by atoms with Gasteiger partial charge < -0.3 is 15.4 Å². The van der Waals surface area contributed by atoms with Crippen molar-refractivity contribution in [1.82, 2.24) is 19.7 Å². The molecule has 0 spiro atoms. The van der Waals surface area contributed by atoms with Gasteiger partial charge in [-0.1, -0.05) is 23.2 Å². The molecule has 1 saturated heterocycles. The summed E-state index contributed by atoms with van der Waals surface area (Å²) >= 11 is 12.3. The minimum absolute atomic E-state index is 0.0668. The number of aromatic nitrogens is 3. The molecule has 1 atom stereocenters. The lowest BCUT2D eigenvalue weighted by molar-refractivity contribution is 0.201. The molecule has 4 rings (SSSR count). The first-order valence-corrected chi connectivity index (χ1v) is 11.3. The Morgan fingerprint density at radius 1 is 1.22 bits per heavy atom. The second-order valence-corrected chi connectivity index (χ2v) is 9.11. The molecule has 0 bridgehead atoms. The van der Waals surface area contributed by atoms with Crippen LogP contribution in [0, 0.1) is 11.7 Å². The summed E-state index contributed by atoms with van der Waals surface area (Å²) in [5.74, 6) is 0.666. The van der Waals surface area contributed by atoms with E-state index in [4.69, 9.17) is 33.7 Å². The monoisotopic (exact) mass is 477 g/mol. The smallest absolute Gasteiger partial charge is 0.166 e. The van der Waals surface area contributed by atoms with E-state index in [0.29, 0.717) is 22.3 Å². The predicted molar refractivity (Wildman–Crippen MR) is 126 cm³/mol. The van der Waals surface area contributed by atoms with Crippen molar-refractivity contribution in [2.75, 3.05) is 25.9 Å². The van der Waals surface area contributed by atoms with Gasteiger partial charge in [-0.2, -0.15) is 5.10 Å². The van der Waals surface area contributed by atoms with Crippen molar-refractivity contribution in [1.29, 1.82) is 0 Å². The standard InChI is InChI=1S/C23H26Cl2FN5O/c1-14(21-18(24)3-4-19(26)22(21)25)32-20-9-16(10-28-23(20)27)17-11-29-31(13-17)12-15-5-7-30(2)8-6-15/h3-4,9-11,13-15H,5-8,12H2,1-2H3,(H2,27,28). The molecule has 3 aromatic rings. The van der Waals surface area contributed by atoms with Crippen LogP contribution in [0.1, 0.15) is 31.4 Å². The zero-order valence-electron chi connectivity index (χ0n) is 18.1. The lowest BCUT2D eigenvalue weighted by atomic mass is 9.97. The van der Waals surface area contributed by atoms with Gasteiger partial charge in [0.1, 0.15) is 11.9 Å². The van der Waals surface area contributed by atoms with Crippen LogP contribution >= 0.6 is 23.2 Å². The van der Waals surface area contributed by atoms with Crippen molar-refractivity contribution < 1.29 is 9.13 Å². The van der Waals surface area contributed by atoms with Crippen LogP contribution in [0.5, 0.6) is 5.75 Å². The number of rotatable bonds is 6. The SMILES string of the molecule is CC(Oc1cc(-c2cnn(CC3CCN(C)CC3)c2)cnc1N)c1c(Cl)ccc(F)c1Cl. The number of hydrogen-bond acceptors (Lipinski definition) is 5. The molecule has 2 aromatic heterocycles. The molecule has 0 amide bonds. The van der Waals surface area contributed by atoms with Gasteiger partial charge in [0.15, 0.2) is 11.6 Å². The van der Waals surface area contributed by atoms with Gasteiger partial charge in [-0.05, 0) is 64.0 Å². The lowest BCUT2D eigenvalue weighted by Gasteiger charge is -2.28. The van der Waals surface area contributed by atoms with Gasteiger partial charge in [0.25, 0.3) is 0 Å². The van der Waals surface area contributed by atoms with Crippen molar-refractivity contribution in [3.8, 4) is 16.9 Å². The molecule has 1 aromatic carbocycles. The van der Waals surface area contributed by atoms with E-state index in [1.165, 1.54) is 25.0 Å². The van der Waals surface area contributed by atoms with Gasteiger partial charge >= 0.3 is 0 Å². The summed E-state index contributed by atoms with van der Waals surface area (Å²) in [6.45, 7) is 4.88. The van der Waals surface area contributed by atoms with E-state index in [9.17, 15) is 4.39 Å². The Hall–Kier alpha value is -2.35. The number of pyridine rings is 1. The van der Waals surface area contributed by atoms with Crippen molar-refractivity contribution in [2.45, 2.75) is 32.4 Å². The summed E-state index contributed by atoms with van der Waals surface area (Å²) in [5, 5.41) is 4.78. The van der Waals surface area contributed by atoms with Crippen LogP contribution in [0.3, 0.4) is 0 Å². The van der Waals surface area contributed by atoms with E-state index in [-0.39, 0.29) is 10.8 Å². The van der Waals surface area contributed by atoms with Crippen LogP contribution in [0.15, 0.2) is 36.8 Å². The molecule has 3 heterocycles. The van der Waals surface area contributed by atoms with Crippen molar-refractivity contribution >= 4 is 29.0 Å². The number of nitrogens with two attached hydrogens (primary N) is 1. The number of halogens is 3. The highest BCUT2D eigenvalue weighted by atomic mass is 35.5. The number of anilines is 1. The Kier molecular flexibility index (Phi) is 6.88. The van der Waals surface area contributed by atoms with Crippen molar-refractivity contribution in [3.05, 3.63) is 58.2 Å². The van der Waals surface area contributed by atoms with Crippen molar-refractivity contribution in [2.24, 2.45) is 5.92 Å². The zero-order chi connectivity index (χ0) is 22.8. The number of likely N-dealkylation sites (tertiary alicyclic amines) is 1. The van der Waals surface area contributed by atoms with E-state index in [0.717, 1.165) is 30.8 Å². The van der Waals surface area contributed by atoms with Crippen LogP contribution < -0.4 is 10.5 Å². The third-order valence-electron chi connectivity index (χ3n) is 5.92. The van der Waals surface area contributed by atoms with Gasteiger partial charge in [-0.25, -0.2) is 9.37 Å². The van der Waals surface area contributed by atoms with Gasteiger partial charge in [-0.3, -0.25) is 4.68 Å². The predicted octanol–water partition coefficient (Wildman–Crippen LogP) is 5.46. The molecular weight excluding hydrogens is 452 g/mol. The molecular formula is C23H26Cl2FN5O. The van der Waals surface area contributed by atoms with Gasteiger partial charge in [0.2, 0.25) is 0 Å². The van der Waals surface area contributed by atoms with Crippen LogP contribution in [-0.4, -0.2) is 39.8 Å². The molecule has 0 saturated carbocycles. The molecule has 1 aliphatic heterocycles. The zero-order valence-corrected chi connectivity index (χ0v) is 19.6. The average Bonchev–Trinajstić information content (AvgIpc) is 3.23. The fourth-order valence-electron chi connectivity index (χ4n) is 3.99. The summed E-state index contributed by atoms with van der Waals surface area (Å²) in [6, 6.07) is 4.48. The third-order valence-corrected chi connectivity index (χ3v) is 6.64. The summed E-state index contributed by atoms with van der Waals surface area (Å²) in [7, 11) is 2.16. The van der Waals surface area contributed by atoms with Crippen LogP contribution in [-0.2, 0) is 6.54 Å². The normalized spacial score (nSPS) is 16.3. The first-order chi connectivity index (χ1) is 15.3. The number of ether oxygens (including phenoxy) is 1. The molecule has 9 heteroatoms. The molecule has 32 heavy (non-hydrogen) atoms. The quantitative estimate of drug-likeness (QED) is 0.477. The first-order valence-electron chi connectivity index (χ1n) is 10.6. The molecule has 6 nitrogen and oxygen atoms in total. The molecule has 2 N–H and O–H groups in total. The van der Waals surface area contributed by atoms with E-state index in [1.807, 2.05) is 17.1 Å². The van der Waals surface area contributed by atoms with E-state index in [1.54, 1.807) is 19.2 Å². The van der Waals surface area contributed by atoms with Crippen molar-refractivity contribution in [3.63, 3.8) is 0 Å². The van der Waals surface area contributed by atoms with Gasteiger partial charge in [-0.15, -0.1) is 0 Å². The third kappa shape index (κ3) is 5.00. The Morgan fingerprint density at radius 3 is 2.72 bits per heavy atom. The first kappa shape index (κ1) is 22.8. The Labute approximate surface area is 197 Å². The van der Waals surface area contributed by atoms with Crippen LogP contribution in [0.2, 0.25) is 10.0 Å². The Morgan fingerprint density at radius 2 is 1.97 bits per heavy atom. The lowest BCUT2D eigenvalue weighted by Crippen LogP contribution is -2.31. The maximum absolute atomic E-state index is 13.9. The fraction of sp³-hybridized carbons (Fsp3) is 0.391. The van der Waals surface area contributed by atoms with Gasteiger partial charge in [0.05, 0.1) is 11.2 Å². The Bertz CT molecular complexity index is 1100. The summed E-state index contributed by atoms with van der Waals surface area (Å²) in [4.78, 5) is 6.63. The maximum atomic E-state index is 13.9. The number of nitrogen functional groups attached to an aromatic ring is 1. The molecule has 0 radical (unpaired) electrons. The highest BCUT2D eigenvalue weighted by Gasteiger charge is 2.21. The summed E-state index contributed by atoms with van der Waals surface area (Å²) in [6.07, 6.45) is 7.24. The largest absolute Gasteiger partial charge is 0.482 e. The Balaban J connectivity index is 1.51. The van der Waals surface area contributed by atoms with Crippen LogP contribution in [0.4, 0.5) is 10.2 Å². The van der Waals surface area contributed by atoms with E-state index >= 15 is 0 Å². The second-order valence-electron chi connectivity index (χ2n) is 8.32. The molecule has 0 aliphatic carbocycles. The summed E-state index contributed by atoms with van der Waals surface area (Å²) in [5.41, 5.74) is 8.15. The number of piperidine rings is 1. The highest BCUT2D eigenvalue weighted by Crippen LogP contribution is 2.37. The minimum atomic E-state index is -0.628. The molecule has 1 aliphatic rings. The summed E-state index contributed by atoms with van der Waals surface area (Å²) < 4.78 is 21.9. The number of hydrogen-bond donors (Lipinski definition) is 1. The van der Waals surface area contributed by atoms with Gasteiger partial charge in [0, 0.05) is 40.7 Å². The van der Waals surface area contributed by atoms with E-state index in [2.05, 4.69) is 22.0 Å².